The number of aromatic nitrogens is 3. The summed E-state index contributed by atoms with van der Waals surface area (Å²) in [5.41, 5.74) is 2.41. The van der Waals surface area contributed by atoms with Gasteiger partial charge in [-0.3, -0.25) is 4.57 Å². The van der Waals surface area contributed by atoms with Crippen LogP contribution in [0.5, 0.6) is 0 Å². The van der Waals surface area contributed by atoms with Gasteiger partial charge in [-0.1, -0.05) is 95.6 Å². The second-order valence-electron chi connectivity index (χ2n) is 7.17. The highest BCUT2D eigenvalue weighted by Crippen LogP contribution is 2.31. The van der Waals surface area contributed by atoms with Gasteiger partial charge in [0.1, 0.15) is 0 Å². The van der Waals surface area contributed by atoms with Gasteiger partial charge in [0.2, 0.25) is 10.0 Å². The summed E-state index contributed by atoms with van der Waals surface area (Å²) in [7, 11) is -3.59. The number of hydrogen-bond acceptors (Lipinski definition) is 5. The maximum absolute atomic E-state index is 12.6. The van der Waals surface area contributed by atoms with Crippen LogP contribution in [-0.4, -0.2) is 23.2 Å². The number of hydrogen-bond donors (Lipinski definition) is 1. The van der Waals surface area contributed by atoms with Crippen molar-refractivity contribution in [1.29, 1.82) is 0 Å². The minimum atomic E-state index is -3.59. The molecular formula is C23H20Cl2N4O2S2. The predicted octanol–water partition coefficient (Wildman–Crippen LogP) is 5.49. The number of nitrogens with one attached hydrogen (secondary N) is 1. The zero-order chi connectivity index (χ0) is 23.3. The molecule has 3 aromatic carbocycles. The van der Waals surface area contributed by atoms with Crippen LogP contribution in [-0.2, 0) is 28.1 Å². The molecule has 0 radical (unpaired) electrons. The number of halogens is 2. The van der Waals surface area contributed by atoms with Crippen LogP contribution in [0.25, 0.3) is 5.69 Å². The lowest BCUT2D eigenvalue weighted by atomic mass is 10.2. The fourth-order valence-corrected chi connectivity index (χ4v) is 5.52. The molecule has 0 amide bonds. The van der Waals surface area contributed by atoms with Crippen molar-refractivity contribution in [3.63, 3.8) is 0 Å². The topological polar surface area (TPSA) is 76.9 Å². The standard InChI is InChI=1S/C23H20Cl2N4O2S2/c24-19-11-12-20(25)21(13-19)29-22(14-26-33(30,31)16-18-9-5-2-6-10-18)27-28-23(29)32-15-17-7-3-1-4-8-17/h1-13,26H,14-16H2. The van der Waals surface area contributed by atoms with Crippen LogP contribution in [0.4, 0.5) is 0 Å². The van der Waals surface area contributed by atoms with Gasteiger partial charge in [-0.25, -0.2) is 13.1 Å². The molecular weight excluding hydrogens is 499 g/mol. The summed E-state index contributed by atoms with van der Waals surface area (Å²) < 4.78 is 29.6. The number of thioether (sulfide) groups is 1. The first-order valence-electron chi connectivity index (χ1n) is 9.99. The second-order valence-corrected chi connectivity index (χ2v) is 10.8. The van der Waals surface area contributed by atoms with Crippen molar-refractivity contribution in [3.05, 3.63) is 106 Å². The van der Waals surface area contributed by atoms with Crippen molar-refractivity contribution in [2.24, 2.45) is 0 Å². The Labute approximate surface area is 207 Å². The SMILES string of the molecule is O=S(=O)(Cc1ccccc1)NCc1nnc(SCc2ccccc2)n1-c1cc(Cl)ccc1Cl. The van der Waals surface area contributed by atoms with Crippen molar-refractivity contribution < 1.29 is 8.42 Å². The van der Waals surface area contributed by atoms with E-state index in [1.165, 1.54) is 11.8 Å². The van der Waals surface area contributed by atoms with E-state index in [2.05, 4.69) is 14.9 Å². The lowest BCUT2D eigenvalue weighted by molar-refractivity contribution is 0.577. The Morgan fingerprint density at radius 2 is 1.55 bits per heavy atom. The normalized spacial score (nSPS) is 11.6. The average molecular weight is 519 g/mol. The lowest BCUT2D eigenvalue weighted by Gasteiger charge is -2.13. The van der Waals surface area contributed by atoms with Gasteiger partial charge in [-0.15, -0.1) is 10.2 Å². The van der Waals surface area contributed by atoms with E-state index in [0.29, 0.717) is 38.0 Å². The molecule has 0 aliphatic carbocycles. The van der Waals surface area contributed by atoms with Crippen molar-refractivity contribution in [1.82, 2.24) is 19.5 Å². The van der Waals surface area contributed by atoms with Crippen LogP contribution in [0.3, 0.4) is 0 Å². The van der Waals surface area contributed by atoms with E-state index in [1.54, 1.807) is 47.0 Å². The minimum Gasteiger partial charge on any atom is -0.271 e. The highest BCUT2D eigenvalue weighted by molar-refractivity contribution is 7.98. The van der Waals surface area contributed by atoms with Crippen LogP contribution >= 0.6 is 35.0 Å². The fraction of sp³-hybridized carbons (Fsp3) is 0.130. The predicted molar refractivity (Wildman–Crippen MR) is 133 cm³/mol. The molecule has 1 aromatic heterocycles. The van der Waals surface area contributed by atoms with E-state index in [1.807, 2.05) is 36.4 Å². The molecule has 0 spiro atoms. The maximum Gasteiger partial charge on any atom is 0.216 e. The summed E-state index contributed by atoms with van der Waals surface area (Å²) in [4.78, 5) is 0. The van der Waals surface area contributed by atoms with E-state index in [4.69, 9.17) is 23.2 Å². The highest BCUT2D eigenvalue weighted by atomic mass is 35.5. The summed E-state index contributed by atoms with van der Waals surface area (Å²) in [5, 5.41) is 10.1. The molecule has 0 saturated carbocycles. The summed E-state index contributed by atoms with van der Waals surface area (Å²) in [6.45, 7) is -0.0447. The number of nitrogens with zero attached hydrogens (tertiary/aromatic N) is 3. The molecule has 1 heterocycles. The van der Waals surface area contributed by atoms with Crippen LogP contribution in [0, 0.1) is 0 Å². The van der Waals surface area contributed by atoms with Gasteiger partial charge in [0, 0.05) is 10.8 Å². The maximum atomic E-state index is 12.6. The third-order valence-electron chi connectivity index (χ3n) is 4.71. The van der Waals surface area contributed by atoms with E-state index in [-0.39, 0.29) is 12.3 Å². The second kappa shape index (κ2) is 10.7. The summed E-state index contributed by atoms with van der Waals surface area (Å²) in [6.07, 6.45) is 0. The Morgan fingerprint density at radius 3 is 2.24 bits per heavy atom. The third kappa shape index (κ3) is 6.37. The van der Waals surface area contributed by atoms with Crippen molar-refractivity contribution in [3.8, 4) is 5.69 Å². The largest absolute Gasteiger partial charge is 0.271 e. The third-order valence-corrected chi connectivity index (χ3v) is 7.56. The Bertz CT molecular complexity index is 1330. The first-order chi connectivity index (χ1) is 15.9. The zero-order valence-corrected chi connectivity index (χ0v) is 20.5. The molecule has 4 rings (SSSR count). The van der Waals surface area contributed by atoms with Gasteiger partial charge in [-0.05, 0) is 29.3 Å². The lowest BCUT2D eigenvalue weighted by Crippen LogP contribution is -2.26. The molecule has 6 nitrogen and oxygen atoms in total. The Hall–Kier alpha value is -2.36. The van der Waals surface area contributed by atoms with Gasteiger partial charge >= 0.3 is 0 Å². The van der Waals surface area contributed by atoms with E-state index < -0.39 is 10.0 Å². The Balaban J connectivity index is 1.60. The molecule has 10 heteroatoms. The first kappa shape index (κ1) is 23.8. The van der Waals surface area contributed by atoms with Crippen LogP contribution in [0.2, 0.25) is 10.0 Å². The van der Waals surface area contributed by atoms with E-state index in [9.17, 15) is 8.42 Å². The highest BCUT2D eigenvalue weighted by Gasteiger charge is 2.20. The first-order valence-corrected chi connectivity index (χ1v) is 13.4. The molecule has 33 heavy (non-hydrogen) atoms. The van der Waals surface area contributed by atoms with E-state index in [0.717, 1.165) is 5.56 Å². The van der Waals surface area contributed by atoms with Crippen molar-refractivity contribution in [2.45, 2.75) is 23.2 Å². The number of sulfonamides is 1. The van der Waals surface area contributed by atoms with E-state index >= 15 is 0 Å². The fourth-order valence-electron chi connectivity index (χ4n) is 3.15. The minimum absolute atomic E-state index is 0.0447. The molecule has 4 aromatic rings. The molecule has 0 saturated heterocycles. The van der Waals surface area contributed by atoms with Gasteiger partial charge < -0.3 is 0 Å². The Kier molecular flexibility index (Phi) is 7.72. The van der Waals surface area contributed by atoms with Gasteiger partial charge in [0.05, 0.1) is 23.0 Å². The molecule has 1 N–H and O–H groups in total. The molecule has 170 valence electrons. The molecule has 0 aliphatic rings. The molecule has 0 fully saturated rings. The molecule has 0 atom stereocenters. The molecule has 0 aliphatic heterocycles. The summed E-state index contributed by atoms with van der Waals surface area (Å²) in [5.74, 6) is 0.943. The molecule has 0 unspecified atom stereocenters. The average Bonchev–Trinajstić information content (AvgIpc) is 3.22. The summed E-state index contributed by atoms with van der Waals surface area (Å²) >= 11 is 14.2. The number of benzene rings is 3. The Morgan fingerprint density at radius 1 is 0.879 bits per heavy atom. The van der Waals surface area contributed by atoms with Gasteiger partial charge in [0.25, 0.3) is 0 Å². The quantitative estimate of drug-likeness (QED) is 0.296. The zero-order valence-electron chi connectivity index (χ0n) is 17.4. The smallest absolute Gasteiger partial charge is 0.216 e. The molecule has 0 bridgehead atoms. The number of rotatable bonds is 9. The monoisotopic (exact) mass is 518 g/mol. The van der Waals surface area contributed by atoms with Crippen LogP contribution in [0.1, 0.15) is 17.0 Å². The van der Waals surface area contributed by atoms with Crippen molar-refractivity contribution >= 4 is 45.0 Å². The van der Waals surface area contributed by atoms with Gasteiger partial charge in [-0.2, -0.15) is 0 Å². The van der Waals surface area contributed by atoms with Crippen LogP contribution < -0.4 is 4.72 Å². The van der Waals surface area contributed by atoms with Crippen molar-refractivity contribution in [2.75, 3.05) is 0 Å². The summed E-state index contributed by atoms with van der Waals surface area (Å²) in [6, 6.07) is 24.0. The van der Waals surface area contributed by atoms with Gasteiger partial charge in [0.15, 0.2) is 11.0 Å². The van der Waals surface area contributed by atoms with Crippen LogP contribution in [0.15, 0.2) is 84.0 Å².